The van der Waals surface area contributed by atoms with Crippen molar-refractivity contribution in [2.75, 3.05) is 19.8 Å². The Morgan fingerprint density at radius 3 is 2.71 bits per heavy atom. The minimum atomic E-state index is 0.128. The Balaban J connectivity index is 2.46. The first kappa shape index (κ1) is 12.4. The maximum Gasteiger partial charge on any atom is 0.173 e. The van der Waals surface area contributed by atoms with Gasteiger partial charge in [0.25, 0.3) is 0 Å². The van der Waals surface area contributed by atoms with Crippen molar-refractivity contribution in [1.29, 1.82) is 0 Å². The van der Waals surface area contributed by atoms with Gasteiger partial charge in [0.1, 0.15) is 13.2 Å². The monoisotopic (exact) mass is 300 g/mol. The van der Waals surface area contributed by atoms with Crippen LogP contribution < -0.4 is 9.47 Å². The van der Waals surface area contributed by atoms with Gasteiger partial charge in [0.2, 0.25) is 0 Å². The molecule has 0 spiro atoms. The van der Waals surface area contributed by atoms with Crippen molar-refractivity contribution in [3.05, 3.63) is 21.7 Å². The number of fused-ring (bicyclic) bond motifs is 1. The number of carbonyl (C=O) groups is 1. The first-order chi connectivity index (χ1) is 8.27. The summed E-state index contributed by atoms with van der Waals surface area (Å²) in [6, 6.07) is 1.85. The summed E-state index contributed by atoms with van der Waals surface area (Å²) in [5.41, 5.74) is 1.43. The van der Waals surface area contributed by atoms with E-state index in [1.54, 1.807) is 0 Å². The molecule has 0 atom stereocenters. The van der Waals surface area contributed by atoms with Crippen LogP contribution in [0, 0.1) is 0 Å². The van der Waals surface area contributed by atoms with Gasteiger partial charge in [-0.25, -0.2) is 0 Å². The predicted octanol–water partition coefficient (Wildman–Crippen LogP) is 1.96. The van der Waals surface area contributed by atoms with Crippen LogP contribution in [-0.4, -0.2) is 31.2 Å². The van der Waals surface area contributed by atoms with Crippen molar-refractivity contribution in [2.45, 2.75) is 12.8 Å². The summed E-state index contributed by atoms with van der Waals surface area (Å²) in [4.78, 5) is 11.0. The van der Waals surface area contributed by atoms with Crippen LogP contribution in [0.3, 0.4) is 0 Å². The summed E-state index contributed by atoms with van der Waals surface area (Å²) >= 11 is 3.35. The molecule has 2 rings (SSSR count). The molecule has 1 N–H and O–H groups in total. The molecule has 92 valence electrons. The molecule has 0 aromatic heterocycles. The van der Waals surface area contributed by atoms with E-state index in [9.17, 15) is 4.79 Å². The largest absolute Gasteiger partial charge is 0.486 e. The Kier molecular flexibility index (Phi) is 4.02. The van der Waals surface area contributed by atoms with Gasteiger partial charge in [0, 0.05) is 11.1 Å². The lowest BCUT2D eigenvalue weighted by molar-refractivity contribution is 0.111. The Bertz CT molecular complexity index is 431. The molecule has 0 saturated heterocycles. The Labute approximate surface area is 108 Å². The van der Waals surface area contributed by atoms with E-state index in [0.29, 0.717) is 47.6 Å². The van der Waals surface area contributed by atoms with Gasteiger partial charge in [-0.15, -0.1) is 0 Å². The maximum atomic E-state index is 11.0. The lowest BCUT2D eigenvalue weighted by Crippen LogP contribution is -2.18. The second-order valence-electron chi connectivity index (χ2n) is 3.73. The minimum Gasteiger partial charge on any atom is -0.486 e. The Morgan fingerprint density at radius 1 is 1.35 bits per heavy atom. The van der Waals surface area contributed by atoms with Crippen LogP contribution >= 0.6 is 15.9 Å². The molecule has 0 aliphatic carbocycles. The van der Waals surface area contributed by atoms with E-state index in [-0.39, 0.29) is 6.61 Å². The molecule has 17 heavy (non-hydrogen) atoms. The summed E-state index contributed by atoms with van der Waals surface area (Å²) in [6.45, 7) is 1.06. The molecule has 0 saturated carbocycles. The minimum absolute atomic E-state index is 0.128. The molecule has 1 aromatic rings. The van der Waals surface area contributed by atoms with Gasteiger partial charge in [-0.05, 0) is 40.4 Å². The molecule has 0 radical (unpaired) electrons. The zero-order chi connectivity index (χ0) is 12.3. The Morgan fingerprint density at radius 2 is 2.06 bits per heavy atom. The molecule has 1 aromatic carbocycles. The molecule has 0 bridgehead atoms. The first-order valence-electron chi connectivity index (χ1n) is 5.45. The first-order valence-corrected chi connectivity index (χ1v) is 6.24. The van der Waals surface area contributed by atoms with Gasteiger partial charge < -0.3 is 14.6 Å². The lowest BCUT2D eigenvalue weighted by atomic mass is 10.0. The number of rotatable bonds is 4. The smallest absolute Gasteiger partial charge is 0.173 e. The summed E-state index contributed by atoms with van der Waals surface area (Å²) in [6.07, 6.45) is 2.11. The van der Waals surface area contributed by atoms with Crippen LogP contribution in [0.15, 0.2) is 10.5 Å². The summed E-state index contributed by atoms with van der Waals surface area (Å²) in [5, 5.41) is 8.86. The maximum absolute atomic E-state index is 11.0. The summed E-state index contributed by atoms with van der Waals surface area (Å²) in [5.74, 6) is 1.14. The highest BCUT2D eigenvalue weighted by Gasteiger charge is 2.22. The average Bonchev–Trinajstić information content (AvgIpc) is 2.36. The molecular formula is C12H13BrO4. The van der Waals surface area contributed by atoms with Crippen molar-refractivity contribution < 1.29 is 19.4 Å². The molecular weight excluding hydrogens is 288 g/mol. The van der Waals surface area contributed by atoms with Crippen molar-refractivity contribution in [3.63, 3.8) is 0 Å². The topological polar surface area (TPSA) is 55.8 Å². The number of hydrogen-bond donors (Lipinski definition) is 1. The fraction of sp³-hybridized carbons (Fsp3) is 0.417. The number of hydrogen-bond acceptors (Lipinski definition) is 4. The molecule has 0 amide bonds. The van der Waals surface area contributed by atoms with Gasteiger partial charge in [-0.3, -0.25) is 4.79 Å². The van der Waals surface area contributed by atoms with Gasteiger partial charge in [-0.1, -0.05) is 0 Å². The number of carbonyl (C=O) groups excluding carboxylic acids is 1. The van der Waals surface area contributed by atoms with Crippen LogP contribution in [0.5, 0.6) is 11.5 Å². The van der Waals surface area contributed by atoms with Crippen LogP contribution in [-0.2, 0) is 6.42 Å². The van der Waals surface area contributed by atoms with Crippen molar-refractivity contribution in [1.82, 2.24) is 0 Å². The second kappa shape index (κ2) is 5.51. The van der Waals surface area contributed by atoms with Gasteiger partial charge in [0.15, 0.2) is 17.8 Å². The summed E-state index contributed by atoms with van der Waals surface area (Å²) < 4.78 is 11.8. The molecule has 1 aliphatic heterocycles. The van der Waals surface area contributed by atoms with E-state index >= 15 is 0 Å². The second-order valence-corrected chi connectivity index (χ2v) is 4.59. The number of aliphatic hydroxyl groups excluding tert-OH is 1. The third-order valence-electron chi connectivity index (χ3n) is 2.60. The number of ether oxygens (including phenoxy) is 2. The van der Waals surface area contributed by atoms with Crippen LogP contribution in [0.4, 0.5) is 0 Å². The normalized spacial score (nSPS) is 13.5. The van der Waals surface area contributed by atoms with Crippen molar-refractivity contribution in [2.24, 2.45) is 0 Å². The van der Waals surface area contributed by atoms with Crippen molar-refractivity contribution >= 4 is 22.2 Å². The third-order valence-corrected chi connectivity index (χ3v) is 3.26. The van der Waals surface area contributed by atoms with Crippen LogP contribution in [0.25, 0.3) is 0 Å². The van der Waals surface area contributed by atoms with E-state index < -0.39 is 0 Å². The molecule has 0 fully saturated rings. The van der Waals surface area contributed by atoms with E-state index in [1.165, 1.54) is 0 Å². The van der Waals surface area contributed by atoms with E-state index in [2.05, 4.69) is 15.9 Å². The highest BCUT2D eigenvalue weighted by molar-refractivity contribution is 9.10. The fourth-order valence-electron chi connectivity index (χ4n) is 1.83. The highest BCUT2D eigenvalue weighted by Crippen LogP contribution is 2.41. The zero-order valence-corrected chi connectivity index (χ0v) is 10.8. The van der Waals surface area contributed by atoms with Gasteiger partial charge >= 0.3 is 0 Å². The highest BCUT2D eigenvalue weighted by atomic mass is 79.9. The number of benzene rings is 1. The fourth-order valence-corrected chi connectivity index (χ4v) is 2.38. The van der Waals surface area contributed by atoms with E-state index in [4.69, 9.17) is 14.6 Å². The lowest BCUT2D eigenvalue weighted by Gasteiger charge is -2.23. The molecule has 1 heterocycles. The number of aryl methyl sites for hydroxylation is 1. The van der Waals surface area contributed by atoms with Gasteiger partial charge in [0.05, 0.1) is 5.56 Å². The van der Waals surface area contributed by atoms with Gasteiger partial charge in [-0.2, -0.15) is 0 Å². The average molecular weight is 301 g/mol. The SMILES string of the molecule is O=Cc1c(Br)cc(CCCO)c2c1OCCO2. The zero-order valence-electron chi connectivity index (χ0n) is 9.24. The molecule has 5 heteroatoms. The quantitative estimate of drug-likeness (QED) is 0.864. The van der Waals surface area contributed by atoms with Crippen molar-refractivity contribution in [3.8, 4) is 11.5 Å². The third kappa shape index (κ3) is 2.45. The molecule has 4 nitrogen and oxygen atoms in total. The summed E-state index contributed by atoms with van der Waals surface area (Å²) in [7, 11) is 0. The van der Waals surface area contributed by atoms with Crippen LogP contribution in [0.2, 0.25) is 0 Å². The molecule has 0 unspecified atom stereocenters. The number of aliphatic hydroxyl groups is 1. The Hall–Kier alpha value is -1.07. The predicted molar refractivity (Wildman–Crippen MR) is 65.9 cm³/mol. The van der Waals surface area contributed by atoms with E-state index in [0.717, 1.165) is 11.8 Å². The van der Waals surface area contributed by atoms with Crippen LogP contribution in [0.1, 0.15) is 22.3 Å². The van der Waals surface area contributed by atoms with E-state index in [1.807, 2.05) is 6.07 Å². The number of aldehydes is 1. The molecule has 1 aliphatic rings. The standard InChI is InChI=1S/C12H13BrO4/c13-10-6-8(2-1-3-14)11-12(9(10)7-15)17-5-4-16-11/h6-7,14H,1-5H2. The number of halogens is 1.